The van der Waals surface area contributed by atoms with Crippen molar-refractivity contribution < 1.29 is 8.42 Å². The van der Waals surface area contributed by atoms with E-state index in [0.29, 0.717) is 10.9 Å². The average Bonchev–Trinajstić information content (AvgIpc) is 2.45. The number of sulfone groups is 1. The van der Waals surface area contributed by atoms with Crippen molar-refractivity contribution in [1.29, 1.82) is 0 Å². The maximum absolute atomic E-state index is 11.5. The molecule has 0 bridgehead atoms. The predicted molar refractivity (Wildman–Crippen MR) is 96.5 cm³/mol. The van der Waals surface area contributed by atoms with Crippen molar-refractivity contribution in [3.63, 3.8) is 0 Å². The Kier molecular flexibility index (Phi) is 6.62. The molecule has 0 amide bonds. The first-order valence-electron chi connectivity index (χ1n) is 7.38. The Morgan fingerprint density at radius 3 is 2.26 bits per heavy atom. The molecule has 0 aliphatic carbocycles. The fraction of sp³-hybridized carbons (Fsp3) is 0.438. The van der Waals surface area contributed by atoms with Crippen molar-refractivity contribution >= 4 is 21.5 Å². The van der Waals surface area contributed by atoms with E-state index < -0.39 is 9.84 Å². The van der Waals surface area contributed by atoms with Crippen LogP contribution in [0.2, 0.25) is 0 Å². The molecule has 0 fully saturated rings. The summed E-state index contributed by atoms with van der Waals surface area (Å²) in [5.74, 6) is 0.691. The first-order chi connectivity index (χ1) is 10.6. The lowest BCUT2D eigenvalue weighted by atomic mass is 10.3. The lowest BCUT2D eigenvalue weighted by Crippen LogP contribution is -2.39. The first kappa shape index (κ1) is 19.0. The molecule has 0 radical (unpaired) electrons. The highest BCUT2D eigenvalue weighted by Gasteiger charge is 2.12. The van der Waals surface area contributed by atoms with Gasteiger partial charge in [-0.3, -0.25) is 0 Å². The second-order valence-electron chi connectivity index (χ2n) is 5.61. The summed E-state index contributed by atoms with van der Waals surface area (Å²) in [6.45, 7) is 5.94. The van der Waals surface area contributed by atoms with Crippen molar-refractivity contribution in [3.05, 3.63) is 36.2 Å². The van der Waals surface area contributed by atoms with Gasteiger partial charge in [-0.15, -0.1) is 0 Å². The fourth-order valence-electron chi connectivity index (χ4n) is 1.92. The SMILES string of the molecule is CN/C=C(\C)NC(=NC(C)C)N(C)c1ccc(S(C)(=O)=O)cc1. The van der Waals surface area contributed by atoms with Crippen LogP contribution in [0.25, 0.3) is 0 Å². The van der Waals surface area contributed by atoms with Gasteiger partial charge in [-0.1, -0.05) is 0 Å². The van der Waals surface area contributed by atoms with Crippen LogP contribution in [0.5, 0.6) is 0 Å². The summed E-state index contributed by atoms with van der Waals surface area (Å²) in [6.07, 6.45) is 3.04. The summed E-state index contributed by atoms with van der Waals surface area (Å²) >= 11 is 0. The molecular weight excluding hydrogens is 312 g/mol. The highest BCUT2D eigenvalue weighted by atomic mass is 32.2. The van der Waals surface area contributed by atoms with Gasteiger partial charge in [0.2, 0.25) is 5.96 Å². The van der Waals surface area contributed by atoms with Gasteiger partial charge in [0.1, 0.15) is 0 Å². The summed E-state index contributed by atoms with van der Waals surface area (Å²) < 4.78 is 23.1. The summed E-state index contributed by atoms with van der Waals surface area (Å²) in [5.41, 5.74) is 1.77. The minimum absolute atomic E-state index is 0.123. The maximum atomic E-state index is 11.5. The molecule has 0 aliphatic rings. The van der Waals surface area contributed by atoms with Gasteiger partial charge >= 0.3 is 0 Å². The molecule has 1 aromatic rings. The van der Waals surface area contributed by atoms with E-state index in [0.717, 1.165) is 11.4 Å². The molecule has 0 unspecified atom stereocenters. The molecule has 0 spiro atoms. The summed E-state index contributed by atoms with van der Waals surface area (Å²) in [7, 11) is 0.524. The molecule has 6 nitrogen and oxygen atoms in total. The smallest absolute Gasteiger partial charge is 0.202 e. The van der Waals surface area contributed by atoms with Gasteiger partial charge in [-0.25, -0.2) is 13.4 Å². The lowest BCUT2D eigenvalue weighted by molar-refractivity contribution is 0.602. The largest absolute Gasteiger partial charge is 0.393 e. The van der Waals surface area contributed by atoms with Crippen LogP contribution in [0.1, 0.15) is 20.8 Å². The van der Waals surface area contributed by atoms with E-state index >= 15 is 0 Å². The Morgan fingerprint density at radius 2 is 1.83 bits per heavy atom. The molecule has 128 valence electrons. The van der Waals surface area contributed by atoms with E-state index in [-0.39, 0.29) is 6.04 Å². The number of nitrogens with zero attached hydrogens (tertiary/aromatic N) is 2. The van der Waals surface area contributed by atoms with Crippen molar-refractivity contribution in [1.82, 2.24) is 10.6 Å². The van der Waals surface area contributed by atoms with Crippen LogP contribution in [-0.2, 0) is 9.84 Å². The van der Waals surface area contributed by atoms with Gasteiger partial charge in [0.05, 0.1) is 4.90 Å². The zero-order chi connectivity index (χ0) is 17.6. The van der Waals surface area contributed by atoms with E-state index in [9.17, 15) is 8.42 Å². The van der Waals surface area contributed by atoms with E-state index in [1.165, 1.54) is 6.26 Å². The van der Waals surface area contributed by atoms with Crippen LogP contribution in [0, 0.1) is 0 Å². The zero-order valence-corrected chi connectivity index (χ0v) is 15.4. The molecule has 7 heteroatoms. The first-order valence-corrected chi connectivity index (χ1v) is 9.27. The Hall–Kier alpha value is -2.02. The number of benzene rings is 1. The molecule has 2 N–H and O–H groups in total. The minimum atomic E-state index is -3.19. The minimum Gasteiger partial charge on any atom is -0.393 e. The van der Waals surface area contributed by atoms with Crippen LogP contribution in [0.3, 0.4) is 0 Å². The van der Waals surface area contributed by atoms with Crippen LogP contribution in [-0.4, -0.2) is 40.8 Å². The van der Waals surface area contributed by atoms with Gasteiger partial charge in [0.15, 0.2) is 9.84 Å². The number of allylic oxidation sites excluding steroid dienone is 1. The van der Waals surface area contributed by atoms with Gasteiger partial charge in [0.25, 0.3) is 0 Å². The normalized spacial score (nSPS) is 13.2. The van der Waals surface area contributed by atoms with Crippen LogP contribution in [0.4, 0.5) is 5.69 Å². The highest BCUT2D eigenvalue weighted by molar-refractivity contribution is 7.90. The fourth-order valence-corrected chi connectivity index (χ4v) is 2.55. The van der Waals surface area contributed by atoms with E-state index in [4.69, 9.17) is 0 Å². The number of aliphatic imine (C=N–C) groups is 1. The average molecular weight is 338 g/mol. The van der Waals surface area contributed by atoms with Gasteiger partial charge in [-0.2, -0.15) is 0 Å². The van der Waals surface area contributed by atoms with Crippen molar-refractivity contribution in [3.8, 4) is 0 Å². The molecule has 1 aromatic carbocycles. The molecule has 0 saturated carbocycles. The molecule has 23 heavy (non-hydrogen) atoms. The van der Waals surface area contributed by atoms with Gasteiger partial charge in [-0.05, 0) is 45.0 Å². The summed E-state index contributed by atoms with van der Waals surface area (Å²) in [4.78, 5) is 6.78. The number of rotatable bonds is 5. The molecule has 1 rings (SSSR count). The number of hydrogen-bond donors (Lipinski definition) is 2. The zero-order valence-electron chi connectivity index (χ0n) is 14.6. The molecule has 0 aromatic heterocycles. The highest BCUT2D eigenvalue weighted by Crippen LogP contribution is 2.17. The standard InChI is InChI=1S/C16H26N4O2S/c1-12(2)18-16(19-13(3)11-17-4)20(5)14-7-9-15(10-8-14)23(6,21)22/h7-12,17H,1-6H3,(H,18,19)/b13-11+. The molecule has 0 heterocycles. The third-order valence-electron chi connectivity index (χ3n) is 3.02. The topological polar surface area (TPSA) is 73.8 Å². The second kappa shape index (κ2) is 8.01. The quantitative estimate of drug-likeness (QED) is 0.634. The van der Waals surface area contributed by atoms with Gasteiger partial charge < -0.3 is 15.5 Å². The number of anilines is 1. The van der Waals surface area contributed by atoms with Gasteiger partial charge in [0, 0.05) is 44.0 Å². The van der Waals surface area contributed by atoms with Crippen molar-refractivity contribution in [2.45, 2.75) is 31.7 Å². The van der Waals surface area contributed by atoms with E-state index in [1.807, 2.05) is 46.0 Å². The summed E-state index contributed by atoms with van der Waals surface area (Å²) in [6, 6.07) is 6.86. The number of guanidine groups is 1. The second-order valence-corrected chi connectivity index (χ2v) is 7.63. The molecule has 0 atom stereocenters. The molecule has 0 aliphatic heterocycles. The third-order valence-corrected chi connectivity index (χ3v) is 4.15. The maximum Gasteiger partial charge on any atom is 0.202 e. The Labute approximate surface area is 139 Å². The predicted octanol–water partition coefficient (Wildman–Crippen LogP) is 1.96. The monoisotopic (exact) mass is 338 g/mol. The van der Waals surface area contributed by atoms with Crippen LogP contribution in [0.15, 0.2) is 46.1 Å². The third kappa shape index (κ3) is 5.94. The van der Waals surface area contributed by atoms with E-state index in [2.05, 4.69) is 15.6 Å². The Morgan fingerprint density at radius 1 is 1.26 bits per heavy atom. The molecule has 0 saturated heterocycles. The number of hydrogen-bond acceptors (Lipinski definition) is 4. The van der Waals surface area contributed by atoms with Crippen molar-refractivity contribution in [2.24, 2.45) is 4.99 Å². The summed E-state index contributed by atoms with van der Waals surface area (Å²) in [5, 5.41) is 6.21. The van der Waals surface area contributed by atoms with Crippen LogP contribution >= 0.6 is 0 Å². The lowest BCUT2D eigenvalue weighted by Gasteiger charge is -2.24. The van der Waals surface area contributed by atoms with Crippen molar-refractivity contribution in [2.75, 3.05) is 25.3 Å². The molecular formula is C16H26N4O2S. The Balaban J connectivity index is 3.10. The van der Waals surface area contributed by atoms with E-state index in [1.54, 1.807) is 24.3 Å². The number of nitrogens with one attached hydrogen (secondary N) is 2. The Bertz CT molecular complexity index is 677. The van der Waals surface area contributed by atoms with Crippen LogP contribution < -0.4 is 15.5 Å².